The first kappa shape index (κ1) is 10.9. The standard InChI is InChI=1S/C12H18N2/c1-4-5-8-11(13-3)12-10(2)7-6-9-14-12/h4,6-7,9,11,13H,1,5,8H2,2-3H3. The van der Waals surface area contributed by atoms with Crippen molar-refractivity contribution in [2.24, 2.45) is 0 Å². The summed E-state index contributed by atoms with van der Waals surface area (Å²) >= 11 is 0. The predicted molar refractivity (Wildman–Crippen MR) is 60.2 cm³/mol. The van der Waals surface area contributed by atoms with Gasteiger partial charge in [0.2, 0.25) is 0 Å². The van der Waals surface area contributed by atoms with Crippen molar-refractivity contribution in [3.8, 4) is 0 Å². The summed E-state index contributed by atoms with van der Waals surface area (Å²) in [5.41, 5.74) is 2.40. The van der Waals surface area contributed by atoms with Crippen LogP contribution < -0.4 is 5.32 Å². The van der Waals surface area contributed by atoms with Crippen LogP contribution in [0.15, 0.2) is 31.0 Å². The van der Waals surface area contributed by atoms with Crippen LogP contribution in [0.25, 0.3) is 0 Å². The molecule has 0 aromatic carbocycles. The summed E-state index contributed by atoms with van der Waals surface area (Å²) in [6.45, 7) is 5.83. The summed E-state index contributed by atoms with van der Waals surface area (Å²) in [6, 6.07) is 4.41. The van der Waals surface area contributed by atoms with Crippen molar-refractivity contribution >= 4 is 0 Å². The molecule has 1 atom stereocenters. The third-order valence-corrected chi connectivity index (χ3v) is 2.39. The summed E-state index contributed by atoms with van der Waals surface area (Å²) in [6.07, 6.45) is 5.86. The molecule has 1 N–H and O–H groups in total. The molecule has 0 bridgehead atoms. The third kappa shape index (κ3) is 2.67. The molecule has 0 aliphatic carbocycles. The Bertz CT molecular complexity index is 294. The molecule has 14 heavy (non-hydrogen) atoms. The number of hydrogen-bond donors (Lipinski definition) is 1. The molecule has 0 spiro atoms. The van der Waals surface area contributed by atoms with Gasteiger partial charge in [0.05, 0.1) is 5.69 Å². The molecule has 2 heteroatoms. The zero-order chi connectivity index (χ0) is 10.4. The van der Waals surface area contributed by atoms with Gasteiger partial charge in [0, 0.05) is 12.2 Å². The van der Waals surface area contributed by atoms with E-state index in [1.807, 2.05) is 25.4 Å². The Balaban J connectivity index is 2.78. The van der Waals surface area contributed by atoms with Crippen LogP contribution >= 0.6 is 0 Å². The largest absolute Gasteiger partial charge is 0.312 e. The van der Waals surface area contributed by atoms with E-state index in [0.29, 0.717) is 6.04 Å². The fraction of sp³-hybridized carbons (Fsp3) is 0.417. The molecule has 1 heterocycles. The van der Waals surface area contributed by atoms with E-state index >= 15 is 0 Å². The van der Waals surface area contributed by atoms with Crippen molar-refractivity contribution < 1.29 is 0 Å². The van der Waals surface area contributed by atoms with E-state index < -0.39 is 0 Å². The van der Waals surface area contributed by atoms with Gasteiger partial charge in [-0.25, -0.2) is 0 Å². The average molecular weight is 190 g/mol. The molecular formula is C12H18N2. The molecule has 0 aliphatic rings. The van der Waals surface area contributed by atoms with Crippen molar-refractivity contribution in [3.63, 3.8) is 0 Å². The smallest absolute Gasteiger partial charge is 0.0602 e. The third-order valence-electron chi connectivity index (χ3n) is 2.39. The zero-order valence-corrected chi connectivity index (χ0v) is 8.96. The van der Waals surface area contributed by atoms with E-state index in [2.05, 4.69) is 29.9 Å². The molecule has 1 rings (SSSR count). The fourth-order valence-corrected chi connectivity index (χ4v) is 1.56. The molecule has 76 valence electrons. The molecule has 1 unspecified atom stereocenters. The second-order valence-corrected chi connectivity index (χ2v) is 3.41. The lowest BCUT2D eigenvalue weighted by atomic mass is 10.0. The van der Waals surface area contributed by atoms with Crippen LogP contribution in [0.2, 0.25) is 0 Å². The van der Waals surface area contributed by atoms with Crippen LogP contribution in [0, 0.1) is 6.92 Å². The minimum Gasteiger partial charge on any atom is -0.312 e. The van der Waals surface area contributed by atoms with Crippen molar-refractivity contribution in [1.82, 2.24) is 10.3 Å². The fourth-order valence-electron chi connectivity index (χ4n) is 1.56. The zero-order valence-electron chi connectivity index (χ0n) is 8.96. The quantitative estimate of drug-likeness (QED) is 0.722. The van der Waals surface area contributed by atoms with Crippen molar-refractivity contribution in [2.75, 3.05) is 7.05 Å². The number of allylic oxidation sites excluding steroid dienone is 1. The molecule has 0 aliphatic heterocycles. The van der Waals surface area contributed by atoms with Crippen LogP contribution in [0.3, 0.4) is 0 Å². The van der Waals surface area contributed by atoms with E-state index in [1.165, 1.54) is 5.56 Å². The number of nitrogens with one attached hydrogen (secondary N) is 1. The van der Waals surface area contributed by atoms with Crippen LogP contribution in [-0.2, 0) is 0 Å². The number of rotatable bonds is 5. The summed E-state index contributed by atoms with van der Waals surface area (Å²) in [5.74, 6) is 0. The highest BCUT2D eigenvalue weighted by atomic mass is 14.9. The molecule has 2 nitrogen and oxygen atoms in total. The van der Waals surface area contributed by atoms with Gasteiger partial charge in [-0.2, -0.15) is 0 Å². The minimum atomic E-state index is 0.342. The van der Waals surface area contributed by atoms with Gasteiger partial charge in [0.15, 0.2) is 0 Å². The van der Waals surface area contributed by atoms with E-state index in [1.54, 1.807) is 0 Å². The van der Waals surface area contributed by atoms with Crippen molar-refractivity contribution in [3.05, 3.63) is 42.2 Å². The van der Waals surface area contributed by atoms with Crippen molar-refractivity contribution in [2.45, 2.75) is 25.8 Å². The second-order valence-electron chi connectivity index (χ2n) is 3.41. The van der Waals surface area contributed by atoms with E-state index in [4.69, 9.17) is 0 Å². The summed E-state index contributed by atoms with van der Waals surface area (Å²) in [5, 5.41) is 3.28. The van der Waals surface area contributed by atoms with E-state index in [-0.39, 0.29) is 0 Å². The highest BCUT2D eigenvalue weighted by Gasteiger charge is 2.11. The Morgan fingerprint density at radius 3 is 3.00 bits per heavy atom. The number of pyridine rings is 1. The van der Waals surface area contributed by atoms with Gasteiger partial charge in [0.1, 0.15) is 0 Å². The monoisotopic (exact) mass is 190 g/mol. The normalized spacial score (nSPS) is 12.4. The first-order valence-corrected chi connectivity index (χ1v) is 4.99. The van der Waals surface area contributed by atoms with Crippen LogP contribution in [0.5, 0.6) is 0 Å². The average Bonchev–Trinajstić information content (AvgIpc) is 2.21. The topological polar surface area (TPSA) is 24.9 Å². The van der Waals surface area contributed by atoms with Crippen molar-refractivity contribution in [1.29, 1.82) is 0 Å². The van der Waals surface area contributed by atoms with Crippen LogP contribution in [-0.4, -0.2) is 12.0 Å². The maximum absolute atomic E-state index is 4.41. The first-order chi connectivity index (χ1) is 6.79. The number of nitrogens with zero attached hydrogens (tertiary/aromatic N) is 1. The number of aromatic nitrogens is 1. The van der Waals surface area contributed by atoms with E-state index in [9.17, 15) is 0 Å². The van der Waals surface area contributed by atoms with Gasteiger partial charge in [-0.05, 0) is 38.4 Å². The Morgan fingerprint density at radius 1 is 1.64 bits per heavy atom. The minimum absolute atomic E-state index is 0.342. The number of hydrogen-bond acceptors (Lipinski definition) is 2. The highest BCUT2D eigenvalue weighted by Crippen LogP contribution is 2.18. The number of aryl methyl sites for hydroxylation is 1. The SMILES string of the molecule is C=CCCC(NC)c1ncccc1C. The lowest BCUT2D eigenvalue weighted by Gasteiger charge is -2.16. The summed E-state index contributed by atoms with van der Waals surface area (Å²) < 4.78 is 0. The summed E-state index contributed by atoms with van der Waals surface area (Å²) in [7, 11) is 1.97. The van der Waals surface area contributed by atoms with Gasteiger partial charge in [-0.3, -0.25) is 4.98 Å². The van der Waals surface area contributed by atoms with Gasteiger partial charge in [-0.15, -0.1) is 6.58 Å². The van der Waals surface area contributed by atoms with Crippen LogP contribution in [0.4, 0.5) is 0 Å². The Morgan fingerprint density at radius 2 is 2.43 bits per heavy atom. The lowest BCUT2D eigenvalue weighted by Crippen LogP contribution is -2.18. The molecule has 1 aromatic rings. The molecule has 0 fully saturated rings. The Kier molecular flexibility index (Phi) is 4.33. The molecule has 0 saturated heterocycles. The predicted octanol–water partition coefficient (Wildman–Crippen LogP) is 2.62. The van der Waals surface area contributed by atoms with Gasteiger partial charge < -0.3 is 5.32 Å². The summed E-state index contributed by atoms with van der Waals surface area (Å²) in [4.78, 5) is 4.41. The van der Waals surface area contributed by atoms with Gasteiger partial charge in [-0.1, -0.05) is 12.1 Å². The molecular weight excluding hydrogens is 172 g/mol. The second kappa shape index (κ2) is 5.55. The lowest BCUT2D eigenvalue weighted by molar-refractivity contribution is 0.538. The molecule has 0 radical (unpaired) electrons. The van der Waals surface area contributed by atoms with Gasteiger partial charge in [0.25, 0.3) is 0 Å². The molecule has 0 amide bonds. The maximum atomic E-state index is 4.41. The Hall–Kier alpha value is -1.15. The van der Waals surface area contributed by atoms with Crippen LogP contribution in [0.1, 0.15) is 30.1 Å². The Labute approximate surface area is 86.1 Å². The first-order valence-electron chi connectivity index (χ1n) is 4.99. The maximum Gasteiger partial charge on any atom is 0.0602 e. The molecule has 1 aromatic heterocycles. The highest BCUT2D eigenvalue weighted by molar-refractivity contribution is 5.21. The molecule has 0 saturated carbocycles. The van der Waals surface area contributed by atoms with Gasteiger partial charge >= 0.3 is 0 Å². The van der Waals surface area contributed by atoms with E-state index in [0.717, 1.165) is 18.5 Å².